The van der Waals surface area contributed by atoms with Crippen molar-refractivity contribution in [2.75, 3.05) is 18.6 Å². The molecule has 1 aliphatic heterocycles. The number of methoxy groups -OCH3 is 1. The zero-order valence-electron chi connectivity index (χ0n) is 13.9. The van der Waals surface area contributed by atoms with E-state index in [0.717, 1.165) is 5.56 Å². The Kier molecular flexibility index (Phi) is 5.24. The maximum Gasteiger partial charge on any atom is 0.227 e. The first kappa shape index (κ1) is 17.3. The molecule has 2 aromatic rings. The van der Waals surface area contributed by atoms with Gasteiger partial charge < -0.3 is 15.0 Å². The molecular formula is C19H19ClN2O3. The molecule has 0 radical (unpaired) electrons. The maximum atomic E-state index is 12.4. The highest BCUT2D eigenvalue weighted by Crippen LogP contribution is 2.32. The number of carbonyl (C=O) groups is 2. The average Bonchev–Trinajstić information content (AvgIpc) is 3.01. The third-order valence-electron chi connectivity index (χ3n) is 4.23. The molecule has 6 heteroatoms. The molecule has 3 rings (SSSR count). The van der Waals surface area contributed by atoms with Gasteiger partial charge in [-0.2, -0.15) is 0 Å². The van der Waals surface area contributed by atoms with Crippen LogP contribution in [0.3, 0.4) is 0 Å². The summed E-state index contributed by atoms with van der Waals surface area (Å²) in [6.45, 7) is 0.735. The Morgan fingerprint density at radius 1 is 1.28 bits per heavy atom. The summed E-state index contributed by atoms with van der Waals surface area (Å²) >= 11 is 5.95. The molecule has 1 N–H and O–H groups in total. The smallest absolute Gasteiger partial charge is 0.227 e. The minimum absolute atomic E-state index is 0.0765. The second-order valence-corrected chi connectivity index (χ2v) is 6.36. The number of anilines is 1. The molecule has 5 nitrogen and oxygen atoms in total. The van der Waals surface area contributed by atoms with E-state index in [1.165, 1.54) is 0 Å². The maximum absolute atomic E-state index is 12.4. The molecule has 0 aromatic heterocycles. The van der Waals surface area contributed by atoms with Crippen molar-refractivity contribution in [1.82, 2.24) is 5.32 Å². The molecule has 2 amide bonds. The predicted molar refractivity (Wildman–Crippen MR) is 96.8 cm³/mol. The second kappa shape index (κ2) is 7.57. The van der Waals surface area contributed by atoms with Crippen LogP contribution in [0.25, 0.3) is 0 Å². The molecule has 1 heterocycles. The van der Waals surface area contributed by atoms with E-state index in [1.807, 2.05) is 36.4 Å². The fraction of sp³-hybridized carbons (Fsp3) is 0.263. The molecule has 25 heavy (non-hydrogen) atoms. The molecule has 1 aliphatic rings. The van der Waals surface area contributed by atoms with Crippen LogP contribution in [-0.4, -0.2) is 25.5 Å². The van der Waals surface area contributed by atoms with Gasteiger partial charge >= 0.3 is 0 Å². The van der Waals surface area contributed by atoms with Gasteiger partial charge in [-0.1, -0.05) is 35.9 Å². The largest absolute Gasteiger partial charge is 0.495 e. The number of carbonyl (C=O) groups excluding carboxylic acids is 2. The number of benzene rings is 2. The molecule has 0 unspecified atom stereocenters. The third-order valence-corrected chi connectivity index (χ3v) is 4.46. The second-order valence-electron chi connectivity index (χ2n) is 5.92. The number of nitrogens with one attached hydrogen (secondary N) is 1. The van der Waals surface area contributed by atoms with Crippen molar-refractivity contribution >= 4 is 29.1 Å². The first-order valence-corrected chi connectivity index (χ1v) is 8.42. The molecule has 2 aromatic carbocycles. The number of amides is 2. The minimum atomic E-state index is -0.378. The summed E-state index contributed by atoms with van der Waals surface area (Å²) in [5.74, 6) is 0.0329. The fourth-order valence-corrected chi connectivity index (χ4v) is 3.16. The van der Waals surface area contributed by atoms with Crippen LogP contribution in [0.4, 0.5) is 5.69 Å². The fourth-order valence-electron chi connectivity index (χ4n) is 2.95. The van der Waals surface area contributed by atoms with Crippen molar-refractivity contribution in [3.63, 3.8) is 0 Å². The van der Waals surface area contributed by atoms with E-state index < -0.39 is 0 Å². The third kappa shape index (κ3) is 3.94. The molecular weight excluding hydrogens is 340 g/mol. The van der Waals surface area contributed by atoms with Crippen LogP contribution >= 0.6 is 11.6 Å². The Hall–Kier alpha value is -2.53. The van der Waals surface area contributed by atoms with Crippen molar-refractivity contribution in [3.05, 3.63) is 59.1 Å². The summed E-state index contributed by atoms with van der Waals surface area (Å²) in [5, 5.41) is 3.51. The lowest BCUT2D eigenvalue weighted by molar-refractivity contribution is -0.126. The first-order chi connectivity index (χ1) is 12.1. The zero-order chi connectivity index (χ0) is 17.8. The van der Waals surface area contributed by atoms with E-state index in [-0.39, 0.29) is 24.2 Å². The number of hydrogen-bond donors (Lipinski definition) is 1. The monoisotopic (exact) mass is 358 g/mol. The molecule has 1 atom stereocenters. The number of nitrogens with zero attached hydrogens (tertiary/aromatic N) is 1. The van der Waals surface area contributed by atoms with Crippen LogP contribution in [0, 0.1) is 5.92 Å². The van der Waals surface area contributed by atoms with E-state index in [4.69, 9.17) is 16.3 Å². The Morgan fingerprint density at radius 2 is 2.08 bits per heavy atom. The molecule has 0 bridgehead atoms. The van der Waals surface area contributed by atoms with Crippen molar-refractivity contribution in [2.45, 2.75) is 13.0 Å². The molecule has 1 fully saturated rings. The molecule has 0 aliphatic carbocycles. The van der Waals surface area contributed by atoms with E-state index in [2.05, 4.69) is 5.32 Å². The summed E-state index contributed by atoms with van der Waals surface area (Å²) in [7, 11) is 1.56. The molecule has 0 spiro atoms. The predicted octanol–water partition coefficient (Wildman–Crippen LogP) is 3.02. The lowest BCUT2D eigenvalue weighted by Crippen LogP contribution is -2.32. The van der Waals surface area contributed by atoms with Crippen molar-refractivity contribution in [2.24, 2.45) is 5.92 Å². The normalized spacial score (nSPS) is 16.8. The Labute approximate surface area is 151 Å². The van der Waals surface area contributed by atoms with Gasteiger partial charge in [0.15, 0.2) is 0 Å². The standard InChI is InChI=1S/C19H19ClN2O3/c1-25-17-8-3-2-7-16(17)22-12-14(10-18(22)23)19(24)21-11-13-5-4-6-15(20)9-13/h2-9,14H,10-12H2,1H3,(H,21,24)/t14-/m0/s1. The van der Waals surface area contributed by atoms with Gasteiger partial charge in [-0.05, 0) is 29.8 Å². The van der Waals surface area contributed by atoms with Crippen LogP contribution in [0.5, 0.6) is 5.75 Å². The number of rotatable bonds is 5. The van der Waals surface area contributed by atoms with Gasteiger partial charge in [0.25, 0.3) is 0 Å². The minimum Gasteiger partial charge on any atom is -0.495 e. The first-order valence-electron chi connectivity index (χ1n) is 8.04. The summed E-state index contributed by atoms with van der Waals surface area (Å²) < 4.78 is 5.31. The lowest BCUT2D eigenvalue weighted by Gasteiger charge is -2.19. The van der Waals surface area contributed by atoms with Crippen LogP contribution in [-0.2, 0) is 16.1 Å². The van der Waals surface area contributed by atoms with E-state index in [1.54, 1.807) is 24.1 Å². The number of halogens is 1. The average molecular weight is 359 g/mol. The van der Waals surface area contributed by atoms with E-state index in [0.29, 0.717) is 29.5 Å². The summed E-state index contributed by atoms with van der Waals surface area (Å²) in [6, 6.07) is 14.6. The van der Waals surface area contributed by atoms with Gasteiger partial charge in [-0.25, -0.2) is 0 Å². The summed E-state index contributed by atoms with van der Waals surface area (Å²) in [6.07, 6.45) is 0.194. The van der Waals surface area contributed by atoms with Crippen LogP contribution in [0.2, 0.25) is 5.02 Å². The highest BCUT2D eigenvalue weighted by atomic mass is 35.5. The van der Waals surface area contributed by atoms with E-state index >= 15 is 0 Å². The van der Waals surface area contributed by atoms with Crippen LogP contribution in [0.15, 0.2) is 48.5 Å². The molecule has 1 saturated heterocycles. The number of hydrogen-bond acceptors (Lipinski definition) is 3. The van der Waals surface area contributed by atoms with Crippen molar-refractivity contribution < 1.29 is 14.3 Å². The summed E-state index contributed by atoms with van der Waals surface area (Å²) in [4.78, 5) is 26.4. The zero-order valence-corrected chi connectivity index (χ0v) is 14.6. The molecule has 130 valence electrons. The number of ether oxygens (including phenoxy) is 1. The van der Waals surface area contributed by atoms with Gasteiger partial charge in [0.2, 0.25) is 11.8 Å². The Balaban J connectivity index is 1.64. The van der Waals surface area contributed by atoms with E-state index in [9.17, 15) is 9.59 Å². The van der Waals surface area contributed by atoms with Gasteiger partial charge in [0.05, 0.1) is 18.7 Å². The van der Waals surface area contributed by atoms with Gasteiger partial charge in [0, 0.05) is 24.5 Å². The lowest BCUT2D eigenvalue weighted by atomic mass is 10.1. The Morgan fingerprint density at radius 3 is 2.84 bits per heavy atom. The van der Waals surface area contributed by atoms with Gasteiger partial charge in [0.1, 0.15) is 5.75 Å². The SMILES string of the molecule is COc1ccccc1N1C[C@@H](C(=O)NCc2cccc(Cl)c2)CC1=O. The van der Waals surface area contributed by atoms with Crippen molar-refractivity contribution in [3.8, 4) is 5.75 Å². The van der Waals surface area contributed by atoms with Crippen molar-refractivity contribution in [1.29, 1.82) is 0 Å². The van der Waals surface area contributed by atoms with Crippen LogP contribution in [0.1, 0.15) is 12.0 Å². The highest BCUT2D eigenvalue weighted by Gasteiger charge is 2.36. The van der Waals surface area contributed by atoms with Crippen LogP contribution < -0.4 is 15.0 Å². The number of para-hydroxylation sites is 2. The Bertz CT molecular complexity index is 794. The summed E-state index contributed by atoms with van der Waals surface area (Å²) in [5.41, 5.74) is 1.62. The highest BCUT2D eigenvalue weighted by molar-refractivity contribution is 6.30. The quantitative estimate of drug-likeness (QED) is 0.893. The molecule has 0 saturated carbocycles. The van der Waals surface area contributed by atoms with Gasteiger partial charge in [-0.15, -0.1) is 0 Å². The van der Waals surface area contributed by atoms with Gasteiger partial charge in [-0.3, -0.25) is 9.59 Å². The topological polar surface area (TPSA) is 58.6 Å².